The molecule has 0 saturated heterocycles. The SMILES string of the molecule is NC1=NC2(CCCCC2)N(c2cc(F)c(F)cc2C(=O)O)C(N)=N1. The minimum absolute atomic E-state index is 0.00916. The van der Waals surface area contributed by atoms with E-state index >= 15 is 0 Å². The smallest absolute Gasteiger partial charge is 0.337 e. The van der Waals surface area contributed by atoms with Gasteiger partial charge in [0.25, 0.3) is 0 Å². The maximum Gasteiger partial charge on any atom is 0.337 e. The van der Waals surface area contributed by atoms with E-state index in [9.17, 15) is 18.7 Å². The third kappa shape index (κ3) is 2.55. The Balaban J connectivity index is 2.21. The second kappa shape index (κ2) is 5.73. The number of hydrogen-bond acceptors (Lipinski definition) is 6. The fraction of sp³-hybridized carbons (Fsp3) is 0.400. The number of anilines is 1. The number of nitrogens with two attached hydrogens (primary N) is 2. The Morgan fingerprint density at radius 3 is 2.42 bits per heavy atom. The summed E-state index contributed by atoms with van der Waals surface area (Å²) in [5.74, 6) is -3.91. The van der Waals surface area contributed by atoms with Gasteiger partial charge in [0.1, 0.15) is 5.66 Å². The highest BCUT2D eigenvalue weighted by atomic mass is 19.2. The minimum atomic E-state index is -1.40. The van der Waals surface area contributed by atoms with E-state index in [1.807, 2.05) is 0 Å². The van der Waals surface area contributed by atoms with Crippen molar-refractivity contribution in [2.24, 2.45) is 21.5 Å². The van der Waals surface area contributed by atoms with Crippen LogP contribution in [0.5, 0.6) is 0 Å². The number of hydrogen-bond donors (Lipinski definition) is 3. The second-order valence-electron chi connectivity index (χ2n) is 5.91. The first-order valence-corrected chi connectivity index (χ1v) is 7.56. The van der Waals surface area contributed by atoms with Gasteiger partial charge in [-0.1, -0.05) is 6.42 Å². The molecule has 1 saturated carbocycles. The lowest BCUT2D eigenvalue weighted by atomic mass is 9.87. The second-order valence-corrected chi connectivity index (χ2v) is 5.91. The highest BCUT2D eigenvalue weighted by Crippen LogP contribution is 2.41. The first-order valence-electron chi connectivity index (χ1n) is 7.56. The van der Waals surface area contributed by atoms with E-state index < -0.39 is 28.8 Å². The molecule has 1 fully saturated rings. The molecule has 3 rings (SSSR count). The van der Waals surface area contributed by atoms with E-state index in [0.29, 0.717) is 18.9 Å². The molecule has 1 aliphatic carbocycles. The maximum atomic E-state index is 13.8. The first-order chi connectivity index (χ1) is 11.3. The van der Waals surface area contributed by atoms with Crippen LogP contribution in [0.25, 0.3) is 0 Å². The third-order valence-electron chi connectivity index (χ3n) is 4.36. The Hall–Kier alpha value is -2.71. The number of benzene rings is 1. The largest absolute Gasteiger partial charge is 0.478 e. The molecule has 24 heavy (non-hydrogen) atoms. The summed E-state index contributed by atoms with van der Waals surface area (Å²) >= 11 is 0. The van der Waals surface area contributed by atoms with Crippen molar-refractivity contribution in [3.63, 3.8) is 0 Å². The van der Waals surface area contributed by atoms with E-state index in [1.165, 1.54) is 4.90 Å². The zero-order chi connectivity index (χ0) is 17.5. The molecular formula is C15H17F2N5O2. The van der Waals surface area contributed by atoms with Crippen molar-refractivity contribution >= 4 is 23.6 Å². The Kier molecular flexibility index (Phi) is 3.86. The molecule has 0 unspecified atom stereocenters. The molecule has 1 aromatic carbocycles. The van der Waals surface area contributed by atoms with Gasteiger partial charge in [0.2, 0.25) is 11.9 Å². The van der Waals surface area contributed by atoms with Gasteiger partial charge in [-0.15, -0.1) is 0 Å². The summed E-state index contributed by atoms with van der Waals surface area (Å²) in [5.41, 5.74) is 10.3. The summed E-state index contributed by atoms with van der Waals surface area (Å²) < 4.78 is 27.3. The molecule has 1 aromatic rings. The van der Waals surface area contributed by atoms with E-state index in [4.69, 9.17) is 11.5 Å². The Bertz CT molecular complexity index is 756. The number of nitrogens with zero attached hydrogens (tertiary/aromatic N) is 3. The highest BCUT2D eigenvalue weighted by Gasteiger charge is 2.44. The molecule has 1 spiro atoms. The average molecular weight is 337 g/mol. The van der Waals surface area contributed by atoms with Crippen LogP contribution in [0.1, 0.15) is 42.5 Å². The van der Waals surface area contributed by atoms with Crippen molar-refractivity contribution in [1.29, 1.82) is 0 Å². The Morgan fingerprint density at radius 1 is 1.17 bits per heavy atom. The zero-order valence-corrected chi connectivity index (χ0v) is 12.8. The molecule has 7 nitrogen and oxygen atoms in total. The van der Waals surface area contributed by atoms with Gasteiger partial charge in [0, 0.05) is 6.07 Å². The van der Waals surface area contributed by atoms with Crippen LogP contribution < -0.4 is 16.4 Å². The van der Waals surface area contributed by atoms with Crippen LogP contribution in [0.3, 0.4) is 0 Å². The molecule has 0 amide bonds. The molecule has 0 atom stereocenters. The average Bonchev–Trinajstić information content (AvgIpc) is 2.50. The van der Waals surface area contributed by atoms with Gasteiger partial charge in [-0.05, 0) is 31.7 Å². The standard InChI is InChI=1S/C15H17F2N5O2/c16-9-6-8(12(23)24)11(7-10(9)17)22-14(19)20-13(18)21-15(22)4-2-1-3-5-15/h6-7H,1-5H2,(H,23,24)(H4,18,19,20,21). The van der Waals surface area contributed by atoms with Crippen LogP contribution in [0.15, 0.2) is 22.1 Å². The van der Waals surface area contributed by atoms with Gasteiger partial charge in [0.15, 0.2) is 11.6 Å². The quantitative estimate of drug-likeness (QED) is 0.760. The molecule has 2 aliphatic rings. The van der Waals surface area contributed by atoms with Gasteiger partial charge >= 0.3 is 5.97 Å². The predicted octanol–water partition coefficient (Wildman–Crippen LogP) is 1.77. The van der Waals surface area contributed by atoms with Gasteiger partial charge in [0.05, 0.1) is 11.3 Å². The molecule has 1 heterocycles. The number of aliphatic imine (C=N–C) groups is 2. The molecule has 5 N–H and O–H groups in total. The number of rotatable bonds is 2. The summed E-state index contributed by atoms with van der Waals surface area (Å²) in [4.78, 5) is 21.1. The lowest BCUT2D eigenvalue weighted by Gasteiger charge is -2.45. The van der Waals surface area contributed by atoms with Crippen molar-refractivity contribution in [3.05, 3.63) is 29.3 Å². The van der Waals surface area contributed by atoms with Crippen molar-refractivity contribution in [2.45, 2.75) is 37.8 Å². The molecule has 9 heteroatoms. The van der Waals surface area contributed by atoms with E-state index in [1.54, 1.807) is 0 Å². The van der Waals surface area contributed by atoms with E-state index in [0.717, 1.165) is 25.3 Å². The molecule has 0 radical (unpaired) electrons. The summed E-state index contributed by atoms with van der Waals surface area (Å²) in [7, 11) is 0. The Morgan fingerprint density at radius 2 is 1.79 bits per heavy atom. The molecule has 1 aliphatic heterocycles. The molecule has 128 valence electrons. The van der Waals surface area contributed by atoms with Gasteiger partial charge in [-0.25, -0.2) is 18.6 Å². The Labute approximate surface area is 136 Å². The highest BCUT2D eigenvalue weighted by molar-refractivity contribution is 6.08. The number of carbonyl (C=O) groups is 1. The monoisotopic (exact) mass is 337 g/mol. The van der Waals surface area contributed by atoms with Crippen molar-refractivity contribution in [3.8, 4) is 0 Å². The number of guanidine groups is 2. The lowest BCUT2D eigenvalue weighted by Crippen LogP contribution is -2.58. The normalized spacial score (nSPS) is 19.8. The van der Waals surface area contributed by atoms with Crippen molar-refractivity contribution in [1.82, 2.24) is 0 Å². The van der Waals surface area contributed by atoms with Crippen LogP contribution >= 0.6 is 0 Å². The van der Waals surface area contributed by atoms with Crippen LogP contribution in [-0.2, 0) is 0 Å². The summed E-state index contributed by atoms with van der Waals surface area (Å²) in [5, 5.41) is 9.38. The summed E-state index contributed by atoms with van der Waals surface area (Å²) in [6.07, 6.45) is 3.76. The lowest BCUT2D eigenvalue weighted by molar-refractivity contribution is 0.0696. The van der Waals surface area contributed by atoms with Gasteiger partial charge < -0.3 is 16.6 Å². The van der Waals surface area contributed by atoms with Crippen LogP contribution in [0.2, 0.25) is 0 Å². The summed E-state index contributed by atoms with van der Waals surface area (Å²) in [6, 6.07) is 1.45. The van der Waals surface area contributed by atoms with Gasteiger partial charge in [-0.2, -0.15) is 4.99 Å². The third-order valence-corrected chi connectivity index (χ3v) is 4.36. The van der Waals surface area contributed by atoms with Crippen LogP contribution in [-0.4, -0.2) is 28.7 Å². The van der Waals surface area contributed by atoms with E-state index in [-0.39, 0.29) is 17.6 Å². The topological polar surface area (TPSA) is 117 Å². The number of carboxylic acids is 1. The van der Waals surface area contributed by atoms with E-state index in [2.05, 4.69) is 9.98 Å². The molecule has 0 bridgehead atoms. The first kappa shape index (κ1) is 16.2. The predicted molar refractivity (Wildman–Crippen MR) is 84.9 cm³/mol. The van der Waals surface area contributed by atoms with Crippen molar-refractivity contribution in [2.75, 3.05) is 4.90 Å². The number of carboxylic acid groups (broad SMARTS) is 1. The number of halogens is 2. The maximum absolute atomic E-state index is 13.8. The minimum Gasteiger partial charge on any atom is -0.478 e. The van der Waals surface area contributed by atoms with Crippen LogP contribution in [0.4, 0.5) is 14.5 Å². The molecular weight excluding hydrogens is 320 g/mol. The molecule has 0 aromatic heterocycles. The fourth-order valence-electron chi connectivity index (χ4n) is 3.36. The van der Waals surface area contributed by atoms with Gasteiger partial charge in [-0.3, -0.25) is 4.90 Å². The fourth-order valence-corrected chi connectivity index (χ4v) is 3.36. The number of aromatic carboxylic acids is 1. The van der Waals surface area contributed by atoms with Crippen molar-refractivity contribution < 1.29 is 18.7 Å². The zero-order valence-electron chi connectivity index (χ0n) is 12.8. The summed E-state index contributed by atoms with van der Waals surface area (Å²) in [6.45, 7) is 0. The van der Waals surface area contributed by atoms with Crippen LogP contribution in [0, 0.1) is 11.6 Å².